The van der Waals surface area contributed by atoms with Crippen LogP contribution in [0.5, 0.6) is 0 Å². The lowest BCUT2D eigenvalue weighted by Gasteiger charge is -2.29. The second-order valence-corrected chi connectivity index (χ2v) is 7.26. The van der Waals surface area contributed by atoms with Gasteiger partial charge in [-0.05, 0) is 38.5 Å². The molecule has 4 nitrogen and oxygen atoms in total. The molecule has 0 bridgehead atoms. The summed E-state index contributed by atoms with van der Waals surface area (Å²) >= 11 is 0. The standard InChI is InChI=1S/C11H16F3NO3S/c12-11(13,14)8-3-5-9(6-4-8)19(17,18)15-10(16)7-1-2-7/h7-9H,1-6H2,(H,15,16). The van der Waals surface area contributed by atoms with Crippen LogP contribution in [0.4, 0.5) is 13.2 Å². The molecule has 2 rings (SSSR count). The smallest absolute Gasteiger partial charge is 0.274 e. The Balaban J connectivity index is 1.91. The normalized spacial score (nSPS) is 29.0. The fourth-order valence-corrected chi connectivity index (χ4v) is 3.86. The molecule has 0 aromatic carbocycles. The van der Waals surface area contributed by atoms with Crippen molar-refractivity contribution in [2.75, 3.05) is 0 Å². The molecule has 1 amide bonds. The Labute approximate surface area is 109 Å². The maximum atomic E-state index is 12.5. The first-order chi connectivity index (χ1) is 8.70. The Morgan fingerprint density at radius 2 is 1.53 bits per heavy atom. The summed E-state index contributed by atoms with van der Waals surface area (Å²) in [6.45, 7) is 0. The van der Waals surface area contributed by atoms with E-state index in [-0.39, 0.29) is 31.6 Å². The summed E-state index contributed by atoms with van der Waals surface area (Å²) < 4.78 is 63.1. The number of alkyl halides is 3. The number of halogens is 3. The minimum Gasteiger partial charge on any atom is -0.274 e. The van der Waals surface area contributed by atoms with Crippen LogP contribution in [0.3, 0.4) is 0 Å². The third kappa shape index (κ3) is 3.61. The SMILES string of the molecule is O=C(NS(=O)(=O)C1CCC(C(F)(F)F)CC1)C1CC1. The molecular weight excluding hydrogens is 283 g/mol. The number of nitrogens with one attached hydrogen (secondary N) is 1. The number of hydrogen-bond donors (Lipinski definition) is 1. The lowest BCUT2D eigenvalue weighted by Crippen LogP contribution is -2.42. The molecule has 0 saturated heterocycles. The Morgan fingerprint density at radius 3 is 1.95 bits per heavy atom. The summed E-state index contributed by atoms with van der Waals surface area (Å²) in [6, 6.07) is 0. The summed E-state index contributed by atoms with van der Waals surface area (Å²) in [7, 11) is -3.82. The minimum absolute atomic E-state index is 0.0442. The van der Waals surface area contributed by atoms with Crippen molar-refractivity contribution in [1.82, 2.24) is 4.72 Å². The third-order valence-corrected chi connectivity index (χ3v) is 5.60. The van der Waals surface area contributed by atoms with Crippen molar-refractivity contribution in [2.24, 2.45) is 11.8 Å². The van der Waals surface area contributed by atoms with E-state index in [0.29, 0.717) is 12.8 Å². The topological polar surface area (TPSA) is 63.2 Å². The molecule has 0 aromatic heterocycles. The summed E-state index contributed by atoms with van der Waals surface area (Å²) in [5.74, 6) is -2.17. The van der Waals surface area contributed by atoms with Gasteiger partial charge in [0.25, 0.3) is 0 Å². The number of hydrogen-bond acceptors (Lipinski definition) is 3. The van der Waals surface area contributed by atoms with Gasteiger partial charge in [-0.15, -0.1) is 0 Å². The van der Waals surface area contributed by atoms with Crippen molar-refractivity contribution in [3.63, 3.8) is 0 Å². The second kappa shape index (κ2) is 4.96. The quantitative estimate of drug-likeness (QED) is 0.866. The maximum absolute atomic E-state index is 12.5. The average molecular weight is 299 g/mol. The molecule has 2 saturated carbocycles. The van der Waals surface area contributed by atoms with Crippen LogP contribution < -0.4 is 4.72 Å². The maximum Gasteiger partial charge on any atom is 0.391 e. The van der Waals surface area contributed by atoms with Crippen LogP contribution in [-0.4, -0.2) is 25.8 Å². The van der Waals surface area contributed by atoms with E-state index in [4.69, 9.17) is 0 Å². The van der Waals surface area contributed by atoms with E-state index in [1.807, 2.05) is 4.72 Å². The van der Waals surface area contributed by atoms with Crippen LogP contribution in [0, 0.1) is 11.8 Å². The van der Waals surface area contributed by atoms with Gasteiger partial charge in [0.1, 0.15) is 0 Å². The van der Waals surface area contributed by atoms with E-state index in [1.54, 1.807) is 0 Å². The summed E-state index contributed by atoms with van der Waals surface area (Å²) in [6.07, 6.45) is -3.36. The molecule has 0 aliphatic heterocycles. The second-order valence-electron chi connectivity index (χ2n) is 5.30. The van der Waals surface area contributed by atoms with Crippen LogP contribution >= 0.6 is 0 Å². The largest absolute Gasteiger partial charge is 0.391 e. The highest BCUT2D eigenvalue weighted by molar-refractivity contribution is 7.90. The van der Waals surface area contributed by atoms with Gasteiger partial charge in [0.05, 0.1) is 11.2 Å². The summed E-state index contributed by atoms with van der Waals surface area (Å²) in [4.78, 5) is 11.4. The summed E-state index contributed by atoms with van der Waals surface area (Å²) in [5, 5.41) is -0.881. The molecule has 0 atom stereocenters. The Hall–Kier alpha value is -0.790. The highest BCUT2D eigenvalue weighted by Crippen LogP contribution is 2.39. The van der Waals surface area contributed by atoms with Crippen LogP contribution in [0.25, 0.3) is 0 Å². The Morgan fingerprint density at radius 1 is 1.00 bits per heavy atom. The first-order valence-electron chi connectivity index (χ1n) is 6.32. The van der Waals surface area contributed by atoms with Crippen molar-refractivity contribution in [1.29, 1.82) is 0 Å². The van der Waals surface area contributed by atoms with Crippen molar-refractivity contribution < 1.29 is 26.4 Å². The van der Waals surface area contributed by atoms with E-state index in [1.165, 1.54) is 0 Å². The number of amides is 1. The van der Waals surface area contributed by atoms with Gasteiger partial charge in [0, 0.05) is 5.92 Å². The Kier molecular flexibility index (Phi) is 3.81. The molecule has 2 fully saturated rings. The summed E-state index contributed by atoms with van der Waals surface area (Å²) in [5.41, 5.74) is 0. The highest BCUT2D eigenvalue weighted by atomic mass is 32.2. The zero-order valence-corrected chi connectivity index (χ0v) is 11.1. The van der Waals surface area contributed by atoms with Gasteiger partial charge < -0.3 is 0 Å². The number of rotatable bonds is 3. The van der Waals surface area contributed by atoms with Crippen LogP contribution in [0.2, 0.25) is 0 Å². The van der Waals surface area contributed by atoms with E-state index in [0.717, 1.165) is 0 Å². The first kappa shape index (κ1) is 14.6. The Bertz CT molecular complexity index is 448. The number of carbonyl (C=O) groups excluding carboxylic acids is 1. The monoisotopic (exact) mass is 299 g/mol. The fourth-order valence-electron chi connectivity index (χ4n) is 2.35. The molecule has 0 aromatic rings. The van der Waals surface area contributed by atoms with Gasteiger partial charge in [-0.25, -0.2) is 8.42 Å². The predicted molar refractivity (Wildman–Crippen MR) is 61.6 cm³/mol. The van der Waals surface area contributed by atoms with E-state index >= 15 is 0 Å². The lowest BCUT2D eigenvalue weighted by atomic mass is 9.88. The molecule has 0 heterocycles. The van der Waals surface area contributed by atoms with Gasteiger partial charge in [-0.2, -0.15) is 13.2 Å². The number of carbonyl (C=O) groups is 1. The molecule has 2 aliphatic carbocycles. The van der Waals surface area contributed by atoms with Gasteiger partial charge >= 0.3 is 6.18 Å². The van der Waals surface area contributed by atoms with Crippen molar-refractivity contribution >= 4 is 15.9 Å². The van der Waals surface area contributed by atoms with Crippen LogP contribution in [-0.2, 0) is 14.8 Å². The number of sulfonamides is 1. The predicted octanol–water partition coefficient (Wildman–Crippen LogP) is 1.96. The van der Waals surface area contributed by atoms with Crippen molar-refractivity contribution in [3.05, 3.63) is 0 Å². The van der Waals surface area contributed by atoms with Gasteiger partial charge in [-0.1, -0.05) is 0 Å². The molecule has 0 radical (unpaired) electrons. The molecule has 0 spiro atoms. The fraction of sp³-hybridized carbons (Fsp3) is 0.909. The van der Waals surface area contributed by atoms with Crippen LogP contribution in [0.1, 0.15) is 38.5 Å². The minimum atomic E-state index is -4.26. The molecule has 19 heavy (non-hydrogen) atoms. The average Bonchev–Trinajstić information content (AvgIpc) is 3.11. The van der Waals surface area contributed by atoms with Gasteiger partial charge in [-0.3, -0.25) is 9.52 Å². The van der Waals surface area contributed by atoms with Gasteiger partial charge in [0.2, 0.25) is 15.9 Å². The van der Waals surface area contributed by atoms with E-state index in [2.05, 4.69) is 0 Å². The molecule has 0 unspecified atom stereocenters. The van der Waals surface area contributed by atoms with Crippen molar-refractivity contribution in [2.45, 2.75) is 50.0 Å². The van der Waals surface area contributed by atoms with Crippen LogP contribution in [0.15, 0.2) is 0 Å². The molecule has 110 valence electrons. The molecular formula is C11H16F3NO3S. The van der Waals surface area contributed by atoms with E-state index in [9.17, 15) is 26.4 Å². The van der Waals surface area contributed by atoms with Crippen molar-refractivity contribution in [3.8, 4) is 0 Å². The van der Waals surface area contributed by atoms with E-state index < -0.39 is 33.3 Å². The zero-order valence-electron chi connectivity index (χ0n) is 10.2. The molecule has 8 heteroatoms. The molecule has 2 aliphatic rings. The zero-order chi connectivity index (χ0) is 14.3. The third-order valence-electron chi connectivity index (χ3n) is 3.77. The first-order valence-corrected chi connectivity index (χ1v) is 7.87. The molecule has 1 N–H and O–H groups in total. The van der Waals surface area contributed by atoms with Gasteiger partial charge in [0.15, 0.2) is 0 Å². The lowest BCUT2D eigenvalue weighted by molar-refractivity contribution is -0.181. The highest BCUT2D eigenvalue weighted by Gasteiger charge is 2.44.